The van der Waals surface area contributed by atoms with Gasteiger partial charge in [-0.15, -0.1) is 24.0 Å². The number of hydrogen-bond donors (Lipinski definition) is 2. The molecular weight excluding hydrogens is 413 g/mol. The average molecular weight is 439 g/mol. The molecule has 0 aliphatic heterocycles. The van der Waals surface area contributed by atoms with Gasteiger partial charge in [-0.05, 0) is 42.5 Å². The van der Waals surface area contributed by atoms with Crippen molar-refractivity contribution in [2.24, 2.45) is 10.7 Å². The molecule has 0 saturated carbocycles. The molecule has 0 saturated heterocycles. The molecule has 0 radical (unpaired) electrons. The topological polar surface area (TPSA) is 59.6 Å². The molecule has 0 spiro atoms. The molecule has 0 heterocycles. The standard InChI is InChI=1S/C19H25N3O.HI/c1-15-8-9-17(14-18(15)23-2)11-13-22-19(20)21-12-10-16-6-4-3-5-7-16;/h3-9,14H,10-13H2,1-2H3,(H3,20,21,22);1H. The highest BCUT2D eigenvalue weighted by Crippen LogP contribution is 2.18. The van der Waals surface area contributed by atoms with Gasteiger partial charge in [0, 0.05) is 13.1 Å². The molecule has 0 fully saturated rings. The van der Waals surface area contributed by atoms with Crippen molar-refractivity contribution in [3.05, 3.63) is 65.2 Å². The second kappa shape index (κ2) is 10.9. The van der Waals surface area contributed by atoms with Crippen LogP contribution in [-0.4, -0.2) is 26.2 Å². The normalized spacial score (nSPS) is 10.8. The molecule has 0 unspecified atom stereocenters. The van der Waals surface area contributed by atoms with Crippen LogP contribution in [0.25, 0.3) is 0 Å². The fraction of sp³-hybridized carbons (Fsp3) is 0.316. The molecule has 0 aliphatic rings. The smallest absolute Gasteiger partial charge is 0.188 e. The molecular formula is C19H26IN3O. The van der Waals surface area contributed by atoms with E-state index in [4.69, 9.17) is 10.5 Å². The van der Waals surface area contributed by atoms with Gasteiger partial charge in [0.05, 0.1) is 7.11 Å². The quantitative estimate of drug-likeness (QED) is 0.396. The number of rotatable bonds is 7. The lowest BCUT2D eigenvalue weighted by atomic mass is 10.1. The minimum absolute atomic E-state index is 0. The lowest BCUT2D eigenvalue weighted by Gasteiger charge is -2.09. The zero-order chi connectivity index (χ0) is 16.5. The molecule has 0 bridgehead atoms. The van der Waals surface area contributed by atoms with Crippen LogP contribution in [0.2, 0.25) is 0 Å². The van der Waals surface area contributed by atoms with Crippen molar-refractivity contribution in [3.63, 3.8) is 0 Å². The van der Waals surface area contributed by atoms with Crippen molar-refractivity contribution in [1.29, 1.82) is 0 Å². The van der Waals surface area contributed by atoms with Crippen LogP contribution >= 0.6 is 24.0 Å². The van der Waals surface area contributed by atoms with Crippen LogP contribution in [-0.2, 0) is 12.8 Å². The van der Waals surface area contributed by atoms with E-state index in [0.29, 0.717) is 12.5 Å². The van der Waals surface area contributed by atoms with Gasteiger partial charge in [-0.1, -0.05) is 42.5 Å². The largest absolute Gasteiger partial charge is 0.496 e. The number of nitrogens with two attached hydrogens (primary N) is 1. The molecule has 2 aromatic carbocycles. The third-order valence-electron chi connectivity index (χ3n) is 3.72. The molecule has 2 aromatic rings. The van der Waals surface area contributed by atoms with Crippen molar-refractivity contribution < 1.29 is 4.74 Å². The Morgan fingerprint density at radius 2 is 1.83 bits per heavy atom. The first-order valence-corrected chi connectivity index (χ1v) is 7.90. The number of hydrogen-bond acceptors (Lipinski definition) is 2. The summed E-state index contributed by atoms with van der Waals surface area (Å²) in [6.07, 6.45) is 1.78. The molecule has 2 rings (SSSR count). The van der Waals surface area contributed by atoms with Gasteiger partial charge >= 0.3 is 0 Å². The number of nitrogens with zero attached hydrogens (tertiary/aromatic N) is 1. The SMILES string of the molecule is COc1cc(CCNC(N)=NCCc2ccccc2)ccc1C.I. The Morgan fingerprint density at radius 3 is 2.54 bits per heavy atom. The minimum Gasteiger partial charge on any atom is -0.496 e. The first-order valence-electron chi connectivity index (χ1n) is 7.90. The van der Waals surface area contributed by atoms with Crippen LogP contribution in [0.15, 0.2) is 53.5 Å². The van der Waals surface area contributed by atoms with Crippen molar-refractivity contribution in [2.45, 2.75) is 19.8 Å². The van der Waals surface area contributed by atoms with Gasteiger partial charge in [-0.25, -0.2) is 0 Å². The Balaban J connectivity index is 0.00000288. The number of aliphatic imine (C=N–C) groups is 1. The fourth-order valence-electron chi connectivity index (χ4n) is 2.36. The predicted molar refractivity (Wildman–Crippen MR) is 111 cm³/mol. The summed E-state index contributed by atoms with van der Waals surface area (Å²) >= 11 is 0. The van der Waals surface area contributed by atoms with Crippen LogP contribution in [0.3, 0.4) is 0 Å². The summed E-state index contributed by atoms with van der Waals surface area (Å²) in [4.78, 5) is 4.36. The lowest BCUT2D eigenvalue weighted by Crippen LogP contribution is -2.33. The molecule has 0 aromatic heterocycles. The highest BCUT2D eigenvalue weighted by molar-refractivity contribution is 14.0. The first-order chi connectivity index (χ1) is 11.2. The van der Waals surface area contributed by atoms with Crippen LogP contribution < -0.4 is 15.8 Å². The Hall–Kier alpha value is -1.76. The van der Waals surface area contributed by atoms with E-state index >= 15 is 0 Å². The van der Waals surface area contributed by atoms with Gasteiger partial charge in [0.1, 0.15) is 5.75 Å². The second-order valence-corrected chi connectivity index (χ2v) is 5.48. The summed E-state index contributed by atoms with van der Waals surface area (Å²) in [5, 5.41) is 3.16. The average Bonchev–Trinajstić information content (AvgIpc) is 2.57. The number of halogens is 1. The number of aryl methyl sites for hydroxylation is 1. The van der Waals surface area contributed by atoms with E-state index in [1.807, 2.05) is 25.1 Å². The summed E-state index contributed by atoms with van der Waals surface area (Å²) in [5.74, 6) is 1.42. The van der Waals surface area contributed by atoms with E-state index in [1.165, 1.54) is 11.1 Å². The van der Waals surface area contributed by atoms with Gasteiger partial charge in [-0.3, -0.25) is 4.99 Å². The zero-order valence-corrected chi connectivity index (χ0v) is 16.6. The van der Waals surface area contributed by atoms with Gasteiger partial charge in [0.15, 0.2) is 5.96 Å². The van der Waals surface area contributed by atoms with Crippen molar-refractivity contribution >= 4 is 29.9 Å². The summed E-state index contributed by atoms with van der Waals surface area (Å²) in [5.41, 5.74) is 9.53. The van der Waals surface area contributed by atoms with E-state index in [2.05, 4.69) is 40.6 Å². The number of methoxy groups -OCH3 is 1. The van der Waals surface area contributed by atoms with Gasteiger partial charge in [-0.2, -0.15) is 0 Å². The number of ether oxygens (including phenoxy) is 1. The Bertz CT molecular complexity index is 644. The summed E-state index contributed by atoms with van der Waals surface area (Å²) in [6.45, 7) is 3.49. The van der Waals surface area contributed by atoms with E-state index in [-0.39, 0.29) is 24.0 Å². The Labute approximate surface area is 161 Å². The van der Waals surface area contributed by atoms with Gasteiger partial charge < -0.3 is 15.8 Å². The molecule has 5 heteroatoms. The number of guanidine groups is 1. The number of benzene rings is 2. The third kappa shape index (κ3) is 6.78. The molecule has 0 amide bonds. The van der Waals surface area contributed by atoms with Gasteiger partial charge in [0.25, 0.3) is 0 Å². The second-order valence-electron chi connectivity index (χ2n) is 5.48. The molecule has 24 heavy (non-hydrogen) atoms. The van der Waals surface area contributed by atoms with Crippen LogP contribution in [0, 0.1) is 6.92 Å². The minimum atomic E-state index is 0. The molecule has 0 aliphatic carbocycles. The van der Waals surface area contributed by atoms with E-state index < -0.39 is 0 Å². The highest BCUT2D eigenvalue weighted by atomic mass is 127. The molecule has 130 valence electrons. The van der Waals surface area contributed by atoms with Gasteiger partial charge in [0.2, 0.25) is 0 Å². The zero-order valence-electron chi connectivity index (χ0n) is 14.3. The maximum Gasteiger partial charge on any atom is 0.188 e. The van der Waals surface area contributed by atoms with E-state index in [9.17, 15) is 0 Å². The van der Waals surface area contributed by atoms with Crippen LogP contribution in [0.4, 0.5) is 0 Å². The predicted octanol–water partition coefficient (Wildman–Crippen LogP) is 3.31. The van der Waals surface area contributed by atoms with Crippen molar-refractivity contribution in [3.8, 4) is 5.75 Å². The highest BCUT2D eigenvalue weighted by Gasteiger charge is 2.00. The monoisotopic (exact) mass is 439 g/mol. The maximum atomic E-state index is 5.90. The van der Waals surface area contributed by atoms with Crippen LogP contribution in [0.5, 0.6) is 5.75 Å². The molecule has 4 nitrogen and oxygen atoms in total. The molecule has 3 N–H and O–H groups in total. The van der Waals surface area contributed by atoms with Crippen molar-refractivity contribution in [1.82, 2.24) is 5.32 Å². The van der Waals surface area contributed by atoms with E-state index in [1.54, 1.807) is 7.11 Å². The Kier molecular flexibility index (Phi) is 9.22. The fourth-order valence-corrected chi connectivity index (χ4v) is 2.36. The summed E-state index contributed by atoms with van der Waals surface area (Å²) in [7, 11) is 1.70. The summed E-state index contributed by atoms with van der Waals surface area (Å²) < 4.78 is 5.34. The third-order valence-corrected chi connectivity index (χ3v) is 3.72. The van der Waals surface area contributed by atoms with Crippen molar-refractivity contribution in [2.75, 3.05) is 20.2 Å². The van der Waals surface area contributed by atoms with E-state index in [0.717, 1.165) is 30.7 Å². The molecule has 0 atom stereocenters. The van der Waals surface area contributed by atoms with Crippen LogP contribution in [0.1, 0.15) is 16.7 Å². The maximum absolute atomic E-state index is 5.90. The number of nitrogens with one attached hydrogen (secondary N) is 1. The first kappa shape index (κ1) is 20.3. The Morgan fingerprint density at radius 1 is 1.08 bits per heavy atom. The summed E-state index contributed by atoms with van der Waals surface area (Å²) in [6, 6.07) is 16.6. The lowest BCUT2D eigenvalue weighted by molar-refractivity contribution is 0.411.